The first-order chi connectivity index (χ1) is 14.9. The molecule has 0 saturated heterocycles. The van der Waals surface area contributed by atoms with E-state index in [-0.39, 0.29) is 0 Å². The van der Waals surface area contributed by atoms with E-state index in [4.69, 9.17) is 0 Å². The summed E-state index contributed by atoms with van der Waals surface area (Å²) in [5, 5.41) is 0. The van der Waals surface area contributed by atoms with E-state index in [1.807, 2.05) is 54.0 Å². The maximum absolute atomic E-state index is 13.0. The number of aromatic nitrogens is 2. The number of halogens is 3. The van der Waals surface area contributed by atoms with Gasteiger partial charge in [0, 0.05) is 18.3 Å². The van der Waals surface area contributed by atoms with Gasteiger partial charge in [-0.2, -0.15) is 13.2 Å². The van der Waals surface area contributed by atoms with Crippen LogP contribution in [0, 0.1) is 0 Å². The number of benzene rings is 3. The molecule has 0 aliphatic carbocycles. The molecule has 0 bridgehead atoms. The Labute approximate surface area is 179 Å². The van der Waals surface area contributed by atoms with Gasteiger partial charge in [0.2, 0.25) is 0 Å². The van der Waals surface area contributed by atoms with Crippen LogP contribution in [0.5, 0.6) is 0 Å². The van der Waals surface area contributed by atoms with E-state index in [0.29, 0.717) is 23.6 Å². The van der Waals surface area contributed by atoms with E-state index in [1.54, 1.807) is 12.3 Å². The van der Waals surface area contributed by atoms with Crippen molar-refractivity contribution in [2.45, 2.75) is 19.6 Å². The van der Waals surface area contributed by atoms with Crippen LogP contribution in [-0.2, 0) is 12.7 Å². The maximum atomic E-state index is 13.0. The lowest BCUT2D eigenvalue weighted by atomic mass is 10.0. The molecule has 1 heterocycles. The molecular weight excluding hydrogens is 397 g/mol. The van der Waals surface area contributed by atoms with Crippen molar-refractivity contribution >= 4 is 12.2 Å². The number of imidazole rings is 1. The van der Waals surface area contributed by atoms with Crippen LogP contribution in [0.25, 0.3) is 34.5 Å². The van der Waals surface area contributed by atoms with Gasteiger partial charge in [-0.15, -0.1) is 0 Å². The normalized spacial score (nSPS) is 11.9. The van der Waals surface area contributed by atoms with E-state index in [2.05, 4.69) is 29.2 Å². The van der Waals surface area contributed by atoms with Crippen molar-refractivity contribution in [2.24, 2.45) is 0 Å². The van der Waals surface area contributed by atoms with Gasteiger partial charge in [0.15, 0.2) is 0 Å². The van der Waals surface area contributed by atoms with Crippen molar-refractivity contribution < 1.29 is 13.2 Å². The number of hydrogen-bond acceptors (Lipinski definition) is 1. The first kappa shape index (κ1) is 20.7. The second kappa shape index (κ2) is 8.64. The van der Waals surface area contributed by atoms with Crippen LogP contribution in [0.3, 0.4) is 0 Å². The van der Waals surface area contributed by atoms with Crippen LogP contribution in [0.1, 0.15) is 23.9 Å². The third-order valence-corrected chi connectivity index (χ3v) is 5.08. The molecule has 4 aromatic rings. The Kier molecular flexibility index (Phi) is 5.76. The summed E-state index contributed by atoms with van der Waals surface area (Å²) in [5.74, 6) is 0.696. The minimum atomic E-state index is -4.38. The van der Waals surface area contributed by atoms with Gasteiger partial charge in [-0.3, -0.25) is 0 Å². The Balaban J connectivity index is 1.58. The maximum Gasteiger partial charge on any atom is 0.416 e. The number of rotatable bonds is 5. The molecule has 0 spiro atoms. The van der Waals surface area contributed by atoms with Crippen molar-refractivity contribution in [2.75, 3.05) is 0 Å². The first-order valence-electron chi connectivity index (χ1n) is 10.0. The van der Waals surface area contributed by atoms with E-state index in [0.717, 1.165) is 28.8 Å². The smallest absolute Gasteiger partial charge is 0.331 e. The number of nitrogens with zero attached hydrogens (tertiary/aromatic N) is 2. The van der Waals surface area contributed by atoms with Crippen molar-refractivity contribution in [3.63, 3.8) is 0 Å². The predicted molar refractivity (Wildman–Crippen MR) is 119 cm³/mol. The van der Waals surface area contributed by atoms with Gasteiger partial charge in [0.25, 0.3) is 0 Å². The van der Waals surface area contributed by atoms with Gasteiger partial charge in [0.05, 0.1) is 11.3 Å². The fourth-order valence-electron chi connectivity index (χ4n) is 3.40. The molecule has 0 N–H and O–H groups in total. The van der Waals surface area contributed by atoms with E-state index >= 15 is 0 Å². The van der Waals surface area contributed by atoms with Gasteiger partial charge >= 0.3 is 6.18 Å². The lowest BCUT2D eigenvalue weighted by Gasteiger charge is -2.07. The highest BCUT2D eigenvalue weighted by atomic mass is 19.4. The third kappa shape index (κ3) is 4.77. The molecule has 4 rings (SSSR count). The van der Waals surface area contributed by atoms with Gasteiger partial charge < -0.3 is 4.57 Å². The van der Waals surface area contributed by atoms with E-state index in [9.17, 15) is 13.2 Å². The monoisotopic (exact) mass is 418 g/mol. The van der Waals surface area contributed by atoms with Gasteiger partial charge in [-0.1, -0.05) is 72.8 Å². The Morgan fingerprint density at radius 1 is 0.806 bits per heavy atom. The molecule has 156 valence electrons. The molecule has 0 aliphatic heterocycles. The molecule has 3 aromatic carbocycles. The summed E-state index contributed by atoms with van der Waals surface area (Å²) in [6.07, 6.45) is 1.25. The Morgan fingerprint density at radius 2 is 1.48 bits per heavy atom. The molecule has 5 heteroatoms. The summed E-state index contributed by atoms with van der Waals surface area (Å²) in [7, 11) is 0. The summed E-state index contributed by atoms with van der Waals surface area (Å²) in [6.45, 7) is 2.64. The highest BCUT2D eigenvalue weighted by Crippen LogP contribution is 2.32. The Bertz CT molecular complexity index is 1190. The Morgan fingerprint density at radius 3 is 2.16 bits per heavy atom. The molecule has 0 saturated carbocycles. The van der Waals surface area contributed by atoms with Crippen LogP contribution in [0.2, 0.25) is 0 Å². The lowest BCUT2D eigenvalue weighted by Crippen LogP contribution is -2.04. The molecule has 0 atom stereocenters. The van der Waals surface area contributed by atoms with Crippen molar-refractivity contribution in [3.8, 4) is 22.4 Å². The second-order valence-corrected chi connectivity index (χ2v) is 7.17. The van der Waals surface area contributed by atoms with Crippen LogP contribution in [0.15, 0.2) is 85.1 Å². The minimum absolute atomic E-state index is 0.448. The molecule has 1 aromatic heterocycles. The molecule has 2 nitrogen and oxygen atoms in total. The predicted octanol–water partition coefficient (Wildman–Crippen LogP) is 7.43. The van der Waals surface area contributed by atoms with Gasteiger partial charge in [-0.25, -0.2) is 4.98 Å². The molecule has 0 unspecified atom stereocenters. The molecule has 0 amide bonds. The Hall–Kier alpha value is -3.60. The zero-order valence-corrected chi connectivity index (χ0v) is 17.0. The zero-order chi connectivity index (χ0) is 21.8. The summed E-state index contributed by atoms with van der Waals surface area (Å²) in [5.41, 5.74) is 3.61. The summed E-state index contributed by atoms with van der Waals surface area (Å²) < 4.78 is 41.0. The standard InChI is InChI=1S/C26H21F3N2/c1-2-31-18-24(22-9-6-10-23(17-22)26(27,28)29)30-25(31)16-13-19-11-14-21(15-12-19)20-7-4-3-5-8-20/h3-18H,2H2,1H3/b16-13+. The first-order valence-corrected chi connectivity index (χ1v) is 10.0. The van der Waals surface area contributed by atoms with E-state index < -0.39 is 11.7 Å². The largest absolute Gasteiger partial charge is 0.416 e. The molecule has 0 radical (unpaired) electrons. The fraction of sp³-hybridized carbons (Fsp3) is 0.115. The fourth-order valence-corrected chi connectivity index (χ4v) is 3.40. The average Bonchev–Trinajstić information content (AvgIpc) is 3.21. The van der Waals surface area contributed by atoms with Gasteiger partial charge in [-0.05, 0) is 41.8 Å². The van der Waals surface area contributed by atoms with Crippen LogP contribution >= 0.6 is 0 Å². The highest BCUT2D eigenvalue weighted by Gasteiger charge is 2.30. The van der Waals surface area contributed by atoms with Crippen molar-refractivity contribution in [1.82, 2.24) is 9.55 Å². The summed E-state index contributed by atoms with van der Waals surface area (Å²) >= 11 is 0. The molecular formula is C26H21F3N2. The van der Waals surface area contributed by atoms with Gasteiger partial charge in [0.1, 0.15) is 5.82 Å². The van der Waals surface area contributed by atoms with Crippen molar-refractivity contribution in [3.05, 3.63) is 102 Å². The highest BCUT2D eigenvalue weighted by molar-refractivity contribution is 5.71. The zero-order valence-electron chi connectivity index (χ0n) is 17.0. The number of aryl methyl sites for hydroxylation is 1. The molecule has 31 heavy (non-hydrogen) atoms. The quantitative estimate of drug-likeness (QED) is 0.330. The van der Waals surface area contributed by atoms with E-state index in [1.165, 1.54) is 6.07 Å². The molecule has 0 fully saturated rings. The lowest BCUT2D eigenvalue weighted by molar-refractivity contribution is -0.137. The minimum Gasteiger partial charge on any atom is -0.331 e. The van der Waals surface area contributed by atoms with Crippen LogP contribution in [0.4, 0.5) is 13.2 Å². The number of hydrogen-bond donors (Lipinski definition) is 0. The summed E-state index contributed by atoms with van der Waals surface area (Å²) in [6, 6.07) is 23.6. The third-order valence-electron chi connectivity index (χ3n) is 5.08. The van der Waals surface area contributed by atoms with Crippen molar-refractivity contribution in [1.29, 1.82) is 0 Å². The van der Waals surface area contributed by atoms with Crippen LogP contribution < -0.4 is 0 Å². The average molecular weight is 418 g/mol. The number of alkyl halides is 3. The topological polar surface area (TPSA) is 17.8 Å². The van der Waals surface area contributed by atoms with Crippen LogP contribution in [-0.4, -0.2) is 9.55 Å². The SMILES string of the molecule is CCn1cc(-c2cccc(C(F)(F)F)c2)nc1/C=C/c1ccc(-c2ccccc2)cc1. The molecule has 0 aliphatic rings. The summed E-state index contributed by atoms with van der Waals surface area (Å²) in [4.78, 5) is 4.56. The second-order valence-electron chi connectivity index (χ2n) is 7.17.